The zero-order valence-corrected chi connectivity index (χ0v) is 17.5. The Balaban J connectivity index is 1.65. The smallest absolute Gasteiger partial charge is 0.347 e. The van der Waals surface area contributed by atoms with Gasteiger partial charge in [-0.2, -0.15) is 0 Å². The summed E-state index contributed by atoms with van der Waals surface area (Å²) in [5.41, 5.74) is 2.03. The Morgan fingerprint density at radius 2 is 1.93 bits per heavy atom. The maximum absolute atomic E-state index is 12.4. The van der Waals surface area contributed by atoms with Gasteiger partial charge in [0.05, 0.1) is 11.5 Å². The summed E-state index contributed by atoms with van der Waals surface area (Å²) in [6, 6.07) is 10.3. The van der Waals surface area contributed by atoms with Crippen LogP contribution >= 0.6 is 0 Å². The van der Waals surface area contributed by atoms with Crippen LogP contribution in [0.1, 0.15) is 44.4 Å². The number of carbonyl (C=O) groups excluding carboxylic acids is 1. The Bertz CT molecular complexity index is 932. The maximum atomic E-state index is 12.4. The molecule has 0 unspecified atom stereocenters. The van der Waals surface area contributed by atoms with E-state index in [-0.39, 0.29) is 31.1 Å². The van der Waals surface area contributed by atoms with E-state index in [2.05, 4.69) is 20.8 Å². The molecule has 0 saturated carbocycles. The number of ether oxygens (including phenoxy) is 4. The van der Waals surface area contributed by atoms with Gasteiger partial charge in [-0.3, -0.25) is 10.1 Å². The Morgan fingerprint density at radius 3 is 2.57 bits per heavy atom. The maximum Gasteiger partial charge on any atom is 0.347 e. The number of nitrogens with zero attached hydrogens (tertiary/aromatic N) is 1. The number of benzene rings is 2. The van der Waals surface area contributed by atoms with Crippen LogP contribution in [-0.4, -0.2) is 23.8 Å². The number of carbonyl (C=O) groups is 1. The third-order valence-electron chi connectivity index (χ3n) is 4.72. The Hall–Kier alpha value is -3.13. The number of hydrogen-bond donors (Lipinski definition) is 0. The van der Waals surface area contributed by atoms with Crippen molar-refractivity contribution < 1.29 is 28.7 Å². The van der Waals surface area contributed by atoms with Crippen molar-refractivity contribution in [2.75, 3.05) is 6.79 Å². The van der Waals surface area contributed by atoms with Gasteiger partial charge in [-0.1, -0.05) is 32.9 Å². The van der Waals surface area contributed by atoms with Crippen LogP contribution < -0.4 is 9.47 Å². The largest absolute Gasteiger partial charge is 0.479 e. The molecule has 3 rings (SSSR count). The summed E-state index contributed by atoms with van der Waals surface area (Å²) in [4.78, 5) is 23.1. The quantitative estimate of drug-likeness (QED) is 0.395. The first-order chi connectivity index (χ1) is 14.1. The van der Waals surface area contributed by atoms with E-state index in [0.717, 1.165) is 5.56 Å². The third-order valence-corrected chi connectivity index (χ3v) is 4.72. The van der Waals surface area contributed by atoms with Crippen LogP contribution in [0.3, 0.4) is 0 Å². The van der Waals surface area contributed by atoms with Crippen molar-refractivity contribution in [2.24, 2.45) is 0 Å². The van der Waals surface area contributed by atoms with Crippen LogP contribution in [0.5, 0.6) is 11.5 Å². The minimum atomic E-state index is -0.843. The summed E-state index contributed by atoms with van der Waals surface area (Å²) >= 11 is 0. The molecule has 1 aliphatic rings. The van der Waals surface area contributed by atoms with Crippen molar-refractivity contribution in [3.63, 3.8) is 0 Å². The first kappa shape index (κ1) is 21.6. The predicted molar refractivity (Wildman–Crippen MR) is 108 cm³/mol. The second kappa shape index (κ2) is 8.71. The summed E-state index contributed by atoms with van der Waals surface area (Å²) < 4.78 is 21.6. The lowest BCUT2D eigenvalue weighted by molar-refractivity contribution is -0.385. The zero-order valence-electron chi connectivity index (χ0n) is 17.5. The van der Waals surface area contributed by atoms with Crippen molar-refractivity contribution in [3.8, 4) is 11.5 Å². The molecule has 160 valence electrons. The van der Waals surface area contributed by atoms with Crippen LogP contribution in [0.15, 0.2) is 36.4 Å². The molecule has 1 heterocycles. The van der Waals surface area contributed by atoms with E-state index in [1.807, 2.05) is 24.3 Å². The van der Waals surface area contributed by atoms with Crippen molar-refractivity contribution in [2.45, 2.75) is 52.4 Å². The van der Waals surface area contributed by atoms with Crippen molar-refractivity contribution in [1.82, 2.24) is 0 Å². The molecular weight excluding hydrogens is 390 g/mol. The van der Waals surface area contributed by atoms with Crippen LogP contribution in [0.4, 0.5) is 5.69 Å². The number of esters is 1. The zero-order chi connectivity index (χ0) is 21.9. The third kappa shape index (κ3) is 5.07. The van der Waals surface area contributed by atoms with Gasteiger partial charge in [-0.05, 0) is 30.0 Å². The van der Waals surface area contributed by atoms with Crippen LogP contribution in [0, 0.1) is 10.1 Å². The molecule has 8 nitrogen and oxygen atoms in total. The molecule has 0 fully saturated rings. The van der Waals surface area contributed by atoms with Gasteiger partial charge in [0.25, 0.3) is 5.69 Å². The molecule has 2 aromatic rings. The molecule has 2 aromatic carbocycles. The van der Waals surface area contributed by atoms with E-state index >= 15 is 0 Å². The highest BCUT2D eigenvalue weighted by molar-refractivity contribution is 5.74. The second-order valence-corrected chi connectivity index (χ2v) is 8.10. The average molecular weight is 415 g/mol. The first-order valence-electron chi connectivity index (χ1n) is 9.59. The molecule has 30 heavy (non-hydrogen) atoms. The Kier molecular flexibility index (Phi) is 6.26. The fraction of sp³-hybridized carbons (Fsp3) is 0.409. The summed E-state index contributed by atoms with van der Waals surface area (Å²) in [6.07, 6.45) is -0.843. The van der Waals surface area contributed by atoms with Gasteiger partial charge < -0.3 is 18.9 Å². The normalized spacial score (nSPS) is 14.3. The first-order valence-corrected chi connectivity index (χ1v) is 9.59. The number of nitro groups is 1. The number of non-ortho nitro benzene ring substituents is 1. The molecule has 1 aliphatic heterocycles. The highest BCUT2D eigenvalue weighted by Gasteiger charge is 2.23. The van der Waals surface area contributed by atoms with Crippen LogP contribution in [0.25, 0.3) is 0 Å². The number of rotatable bonds is 6. The molecule has 0 amide bonds. The molecular formula is C22H25NO7. The fourth-order valence-corrected chi connectivity index (χ4v) is 3.05. The standard InChI is InChI=1S/C22H25NO7/c1-14(30-19-7-5-17(6-8-19)22(2,3)4)21(24)28-12-16-10-18(23(25)26)9-15-11-27-13-29-20(15)16/h5-10,14H,11-13H2,1-4H3/t14-/m0/s1. The topological polar surface area (TPSA) is 97.1 Å². The lowest BCUT2D eigenvalue weighted by Crippen LogP contribution is -2.26. The summed E-state index contributed by atoms with van der Waals surface area (Å²) in [6.45, 7) is 8.01. The summed E-state index contributed by atoms with van der Waals surface area (Å²) in [7, 11) is 0. The Labute approximate surface area is 174 Å². The van der Waals surface area contributed by atoms with Crippen molar-refractivity contribution in [1.29, 1.82) is 0 Å². The van der Waals surface area contributed by atoms with Crippen molar-refractivity contribution in [3.05, 3.63) is 63.2 Å². The van der Waals surface area contributed by atoms with E-state index in [4.69, 9.17) is 18.9 Å². The van der Waals surface area contributed by atoms with Gasteiger partial charge in [0.15, 0.2) is 12.9 Å². The highest BCUT2D eigenvalue weighted by Crippen LogP contribution is 2.33. The molecule has 8 heteroatoms. The van der Waals surface area contributed by atoms with Crippen molar-refractivity contribution >= 4 is 11.7 Å². The monoisotopic (exact) mass is 415 g/mol. The fourth-order valence-electron chi connectivity index (χ4n) is 3.05. The summed E-state index contributed by atoms with van der Waals surface area (Å²) in [5, 5.41) is 11.2. The molecule has 0 bridgehead atoms. The molecule has 0 aromatic heterocycles. The van der Waals surface area contributed by atoms with E-state index in [0.29, 0.717) is 22.6 Å². The van der Waals surface area contributed by atoms with Crippen LogP contribution in [-0.2, 0) is 32.9 Å². The minimum absolute atomic E-state index is 0.0214. The SMILES string of the molecule is C[C@H](Oc1ccc(C(C)(C)C)cc1)C(=O)OCc1cc([N+](=O)[O-])cc2c1OCOC2. The number of hydrogen-bond acceptors (Lipinski definition) is 7. The average Bonchev–Trinajstić information content (AvgIpc) is 2.71. The predicted octanol–water partition coefficient (Wildman–Crippen LogP) is 4.27. The lowest BCUT2D eigenvalue weighted by atomic mass is 9.87. The molecule has 0 radical (unpaired) electrons. The van der Waals surface area contributed by atoms with E-state index < -0.39 is 17.0 Å². The van der Waals surface area contributed by atoms with E-state index in [9.17, 15) is 14.9 Å². The van der Waals surface area contributed by atoms with E-state index in [1.54, 1.807) is 6.92 Å². The number of fused-ring (bicyclic) bond motifs is 1. The van der Waals surface area contributed by atoms with Crippen LogP contribution in [0.2, 0.25) is 0 Å². The number of nitro benzene ring substituents is 1. The molecule has 0 N–H and O–H groups in total. The molecule has 1 atom stereocenters. The van der Waals surface area contributed by atoms with Gasteiger partial charge in [0, 0.05) is 23.3 Å². The van der Waals surface area contributed by atoms with Gasteiger partial charge in [-0.15, -0.1) is 0 Å². The minimum Gasteiger partial charge on any atom is -0.479 e. The highest BCUT2D eigenvalue weighted by atomic mass is 16.7. The lowest BCUT2D eigenvalue weighted by Gasteiger charge is -2.21. The summed E-state index contributed by atoms with van der Waals surface area (Å²) in [5.74, 6) is 0.425. The van der Waals surface area contributed by atoms with Gasteiger partial charge in [0.2, 0.25) is 0 Å². The van der Waals surface area contributed by atoms with Gasteiger partial charge >= 0.3 is 5.97 Å². The molecule has 0 aliphatic carbocycles. The molecule has 0 spiro atoms. The Morgan fingerprint density at radius 1 is 1.23 bits per heavy atom. The van der Waals surface area contributed by atoms with Gasteiger partial charge in [0.1, 0.15) is 18.1 Å². The molecule has 0 saturated heterocycles. The van der Waals surface area contributed by atoms with E-state index in [1.165, 1.54) is 12.1 Å². The van der Waals surface area contributed by atoms with Gasteiger partial charge in [-0.25, -0.2) is 4.79 Å². The second-order valence-electron chi connectivity index (χ2n) is 8.10.